The minimum Gasteiger partial charge on any atom is -0.497 e. The Kier molecular flexibility index (Phi) is 7.61. The summed E-state index contributed by atoms with van der Waals surface area (Å²) in [6, 6.07) is 11.3. The maximum atomic E-state index is 14.7. The van der Waals surface area contributed by atoms with E-state index in [-0.39, 0.29) is 29.6 Å². The third-order valence-electron chi connectivity index (χ3n) is 13.4. The molecule has 6 aliphatic carbocycles. The fourth-order valence-corrected chi connectivity index (χ4v) is 12.4. The molecule has 3 saturated carbocycles. The van der Waals surface area contributed by atoms with Crippen molar-refractivity contribution in [1.29, 1.82) is 0 Å². The predicted molar refractivity (Wildman–Crippen MR) is 180 cm³/mol. The van der Waals surface area contributed by atoms with Crippen molar-refractivity contribution in [2.24, 2.45) is 33.5 Å². The maximum absolute atomic E-state index is 14.7. The van der Waals surface area contributed by atoms with Gasteiger partial charge in [0.1, 0.15) is 5.75 Å². The second kappa shape index (κ2) is 10.9. The fourth-order valence-electron chi connectivity index (χ4n) is 10.8. The number of thiophene rings is 1. The molecule has 2 bridgehead atoms. The normalized spacial score (nSPS) is 39.5. The summed E-state index contributed by atoms with van der Waals surface area (Å²) in [4.78, 5) is 15.8. The summed E-state index contributed by atoms with van der Waals surface area (Å²) in [5, 5.41) is 25.6. The largest absolute Gasteiger partial charge is 0.497 e. The second-order valence-corrected chi connectivity index (χ2v) is 18.3. The summed E-state index contributed by atoms with van der Waals surface area (Å²) < 4.78 is 33.1. The standard InChI is InChI=1S/C37H47NO6S2/c1-33-15-11-26(39)22-35(33)18-19-37(29(23-35)32(40)25-7-9-27(44-3)10-8-25)30(33)12-16-34(2)31(37)13-17-36(34,41)24-38(46(4,42)43)20-14-28-6-5-21-45-28/h5-10,18-19,21,23,26,30-31,39,41H,11-17,20,22,24H2,1-4H3. The van der Waals surface area contributed by atoms with E-state index in [1.54, 1.807) is 18.4 Å². The van der Waals surface area contributed by atoms with Crippen LogP contribution in [0.25, 0.3) is 0 Å². The van der Waals surface area contributed by atoms with Gasteiger partial charge in [0, 0.05) is 45.3 Å². The van der Waals surface area contributed by atoms with Crippen LogP contribution in [0.1, 0.15) is 74.0 Å². The summed E-state index contributed by atoms with van der Waals surface area (Å²) in [5.74, 6) is 0.805. The zero-order valence-corrected chi connectivity index (χ0v) is 29.0. The number of methoxy groups -OCH3 is 1. The minimum atomic E-state index is -3.58. The van der Waals surface area contributed by atoms with Crippen molar-refractivity contribution >= 4 is 27.1 Å². The molecule has 2 aromatic rings. The molecule has 2 spiro atoms. The van der Waals surface area contributed by atoms with Crippen LogP contribution in [0.5, 0.6) is 5.75 Å². The molecule has 46 heavy (non-hydrogen) atoms. The number of sulfonamides is 1. The van der Waals surface area contributed by atoms with Crippen LogP contribution in [0.4, 0.5) is 0 Å². The molecule has 2 N–H and O–H groups in total. The van der Waals surface area contributed by atoms with Crippen molar-refractivity contribution in [3.63, 3.8) is 0 Å². The number of carbonyl (C=O) groups excluding carboxylic acids is 1. The number of ketones is 1. The molecule has 0 aliphatic heterocycles. The molecular formula is C37H47NO6S2. The van der Waals surface area contributed by atoms with Gasteiger partial charge in [-0.25, -0.2) is 8.42 Å². The van der Waals surface area contributed by atoms with Gasteiger partial charge in [-0.05, 0) is 104 Å². The van der Waals surface area contributed by atoms with Gasteiger partial charge < -0.3 is 14.9 Å². The van der Waals surface area contributed by atoms with Crippen molar-refractivity contribution in [1.82, 2.24) is 4.31 Å². The molecule has 6 aliphatic rings. The van der Waals surface area contributed by atoms with E-state index in [0.717, 1.165) is 36.1 Å². The summed E-state index contributed by atoms with van der Waals surface area (Å²) in [6.07, 6.45) is 13.2. The van der Waals surface area contributed by atoms with E-state index >= 15 is 0 Å². The molecule has 0 saturated heterocycles. The number of hydrogen-bond acceptors (Lipinski definition) is 7. The fraction of sp³-hybridized carbons (Fsp3) is 0.595. The number of aliphatic hydroxyl groups excluding tert-OH is 1. The topological polar surface area (TPSA) is 104 Å². The zero-order chi connectivity index (χ0) is 32.8. The Bertz CT molecular complexity index is 1680. The third-order valence-corrected chi connectivity index (χ3v) is 15.6. The number of rotatable bonds is 9. The number of fused-ring (bicyclic) bond motifs is 1. The Morgan fingerprint density at radius 2 is 1.72 bits per heavy atom. The van der Waals surface area contributed by atoms with Crippen LogP contribution < -0.4 is 4.74 Å². The van der Waals surface area contributed by atoms with Gasteiger partial charge in [-0.3, -0.25) is 4.79 Å². The molecule has 1 aromatic heterocycles. The van der Waals surface area contributed by atoms with Gasteiger partial charge in [-0.15, -0.1) is 11.3 Å². The highest BCUT2D eigenvalue weighted by Gasteiger charge is 2.74. The van der Waals surface area contributed by atoms with Crippen LogP contribution in [0, 0.1) is 33.5 Å². The van der Waals surface area contributed by atoms with Gasteiger partial charge >= 0.3 is 0 Å². The molecule has 248 valence electrons. The first-order valence-electron chi connectivity index (χ1n) is 16.7. The molecule has 0 amide bonds. The molecule has 0 radical (unpaired) electrons. The Hall–Kier alpha value is -2.30. The first-order valence-corrected chi connectivity index (χ1v) is 19.4. The van der Waals surface area contributed by atoms with Crippen LogP contribution in [0.3, 0.4) is 0 Å². The molecule has 8 unspecified atom stereocenters. The van der Waals surface area contributed by atoms with Crippen molar-refractivity contribution in [2.45, 2.75) is 76.9 Å². The molecule has 8 atom stereocenters. The average Bonchev–Trinajstić information content (AvgIpc) is 3.64. The lowest BCUT2D eigenvalue weighted by atomic mass is 9.32. The number of allylic oxidation sites excluding steroid dienone is 4. The van der Waals surface area contributed by atoms with Crippen molar-refractivity contribution in [3.8, 4) is 5.75 Å². The van der Waals surface area contributed by atoms with Gasteiger partial charge in [-0.1, -0.05) is 38.1 Å². The summed E-state index contributed by atoms with van der Waals surface area (Å²) in [6.45, 7) is 4.89. The molecule has 1 aromatic carbocycles. The smallest absolute Gasteiger partial charge is 0.211 e. The van der Waals surface area contributed by atoms with Crippen LogP contribution in [-0.2, 0) is 16.4 Å². The van der Waals surface area contributed by atoms with Crippen LogP contribution in [0.15, 0.2) is 65.6 Å². The van der Waals surface area contributed by atoms with Gasteiger partial charge in [0.15, 0.2) is 5.78 Å². The quantitative estimate of drug-likeness (QED) is 0.250. The number of nitrogens with zero attached hydrogens (tertiary/aromatic N) is 1. The van der Waals surface area contributed by atoms with E-state index in [4.69, 9.17) is 4.74 Å². The van der Waals surface area contributed by atoms with E-state index in [1.807, 2.05) is 41.8 Å². The highest BCUT2D eigenvalue weighted by molar-refractivity contribution is 7.88. The number of Topliss-reactive ketones (excluding diaryl/α,β-unsaturated/α-hetero) is 1. The van der Waals surface area contributed by atoms with E-state index in [2.05, 4.69) is 32.1 Å². The first-order chi connectivity index (χ1) is 21.7. The highest BCUT2D eigenvalue weighted by Crippen LogP contribution is 2.78. The average molecular weight is 666 g/mol. The minimum absolute atomic E-state index is 0.00751. The first kappa shape index (κ1) is 32.3. The Morgan fingerprint density at radius 1 is 1.02 bits per heavy atom. The molecule has 3 fully saturated rings. The second-order valence-electron chi connectivity index (χ2n) is 15.3. The molecule has 1 heterocycles. The Balaban J connectivity index is 1.30. The van der Waals surface area contributed by atoms with Crippen LogP contribution in [0.2, 0.25) is 0 Å². The number of benzene rings is 1. The van der Waals surface area contributed by atoms with Gasteiger partial charge in [0.05, 0.1) is 25.1 Å². The van der Waals surface area contributed by atoms with Gasteiger partial charge in [0.25, 0.3) is 0 Å². The third kappa shape index (κ3) is 4.51. The molecule has 9 heteroatoms. The Morgan fingerprint density at radius 3 is 2.39 bits per heavy atom. The monoisotopic (exact) mass is 665 g/mol. The maximum Gasteiger partial charge on any atom is 0.211 e. The van der Waals surface area contributed by atoms with E-state index in [9.17, 15) is 23.4 Å². The SMILES string of the molecule is COc1ccc(C(=O)C2=CC34C=CC25C(CCC2(C)C5CCC2(O)CN(CCc2cccs2)S(C)(=O)=O)C3(C)CCC(O)C4)cc1. The van der Waals surface area contributed by atoms with Crippen LogP contribution in [-0.4, -0.2) is 66.9 Å². The number of carbonyl (C=O) groups is 1. The lowest BCUT2D eigenvalue weighted by Gasteiger charge is -2.71. The lowest BCUT2D eigenvalue weighted by Crippen LogP contribution is -2.67. The van der Waals surface area contributed by atoms with E-state index < -0.39 is 38.0 Å². The van der Waals surface area contributed by atoms with Gasteiger partial charge in [0.2, 0.25) is 10.0 Å². The molecule has 8 rings (SSSR count). The van der Waals surface area contributed by atoms with Crippen molar-refractivity contribution < 1.29 is 28.2 Å². The summed E-state index contributed by atoms with van der Waals surface area (Å²) >= 11 is 1.61. The summed E-state index contributed by atoms with van der Waals surface area (Å²) in [7, 11) is -1.97. The van der Waals surface area contributed by atoms with Crippen molar-refractivity contribution in [3.05, 3.63) is 76.0 Å². The predicted octanol–water partition coefficient (Wildman–Crippen LogP) is 6.03. The number of ether oxygens (including phenoxy) is 1. The number of hydrogen-bond donors (Lipinski definition) is 2. The zero-order valence-electron chi connectivity index (χ0n) is 27.4. The lowest BCUT2D eigenvalue weighted by molar-refractivity contribution is -0.173. The van der Waals surface area contributed by atoms with Gasteiger partial charge in [-0.2, -0.15) is 4.31 Å². The van der Waals surface area contributed by atoms with E-state index in [1.165, 1.54) is 10.6 Å². The molecular weight excluding hydrogens is 619 g/mol. The Labute approximate surface area is 277 Å². The highest BCUT2D eigenvalue weighted by atomic mass is 32.2. The number of aliphatic hydroxyl groups is 2. The van der Waals surface area contributed by atoms with E-state index in [0.29, 0.717) is 43.5 Å². The van der Waals surface area contributed by atoms with Crippen LogP contribution >= 0.6 is 11.3 Å². The summed E-state index contributed by atoms with van der Waals surface area (Å²) in [5.41, 5.74) is -1.60. The van der Waals surface area contributed by atoms with Crippen molar-refractivity contribution in [2.75, 3.05) is 26.5 Å². The molecule has 7 nitrogen and oxygen atoms in total.